The third kappa shape index (κ3) is 2.00. The lowest BCUT2D eigenvalue weighted by molar-refractivity contribution is 0.561. The van der Waals surface area contributed by atoms with Gasteiger partial charge >= 0.3 is 5.69 Å². The molecular weight excluding hydrogens is 236 g/mol. The van der Waals surface area contributed by atoms with Crippen molar-refractivity contribution in [2.24, 2.45) is 0 Å². The van der Waals surface area contributed by atoms with Crippen LogP contribution in [0.2, 0.25) is 5.02 Å². The van der Waals surface area contributed by atoms with E-state index in [1.807, 2.05) is 36.6 Å². The molecule has 0 aliphatic carbocycles. The van der Waals surface area contributed by atoms with E-state index >= 15 is 0 Å². The van der Waals surface area contributed by atoms with E-state index in [4.69, 9.17) is 11.6 Å². The molecule has 1 aromatic heterocycles. The minimum absolute atomic E-state index is 0.0547. The molecule has 0 bridgehead atoms. The molecule has 0 atom stereocenters. The van der Waals surface area contributed by atoms with Crippen LogP contribution in [0, 0.1) is 0 Å². The van der Waals surface area contributed by atoms with E-state index in [0.717, 1.165) is 24.0 Å². The Balaban J connectivity index is 2.83. The van der Waals surface area contributed by atoms with Crippen LogP contribution in [0.4, 0.5) is 0 Å². The molecule has 0 radical (unpaired) electrons. The number of benzene rings is 1. The van der Waals surface area contributed by atoms with Crippen molar-refractivity contribution >= 4 is 22.6 Å². The van der Waals surface area contributed by atoms with Crippen molar-refractivity contribution in [1.29, 1.82) is 0 Å². The van der Waals surface area contributed by atoms with Crippen LogP contribution < -0.4 is 5.69 Å². The van der Waals surface area contributed by atoms with Crippen molar-refractivity contribution in [3.8, 4) is 0 Å². The second kappa shape index (κ2) is 4.57. The summed E-state index contributed by atoms with van der Waals surface area (Å²) in [6.07, 6.45) is 0.944. The highest BCUT2D eigenvalue weighted by atomic mass is 35.5. The highest BCUT2D eigenvalue weighted by molar-refractivity contribution is 6.31. The van der Waals surface area contributed by atoms with Gasteiger partial charge in [-0.3, -0.25) is 9.13 Å². The monoisotopic (exact) mass is 252 g/mol. The van der Waals surface area contributed by atoms with E-state index in [9.17, 15) is 4.79 Å². The lowest BCUT2D eigenvalue weighted by Crippen LogP contribution is -2.25. The fourth-order valence-electron chi connectivity index (χ4n) is 2.19. The Kier molecular flexibility index (Phi) is 3.29. The number of aryl methyl sites for hydroxylation is 1. The summed E-state index contributed by atoms with van der Waals surface area (Å²) in [6.45, 7) is 6.84. The van der Waals surface area contributed by atoms with Crippen LogP contribution in [-0.2, 0) is 6.54 Å². The normalized spacial score (nSPS) is 11.6. The van der Waals surface area contributed by atoms with Gasteiger partial charge in [0.2, 0.25) is 0 Å². The largest absolute Gasteiger partial charge is 0.329 e. The van der Waals surface area contributed by atoms with Gasteiger partial charge in [-0.1, -0.05) is 18.5 Å². The predicted molar refractivity (Wildman–Crippen MR) is 71.9 cm³/mol. The van der Waals surface area contributed by atoms with Crippen molar-refractivity contribution in [2.45, 2.75) is 39.8 Å². The Hall–Kier alpha value is -1.22. The Morgan fingerprint density at radius 3 is 2.59 bits per heavy atom. The van der Waals surface area contributed by atoms with Gasteiger partial charge in [0.1, 0.15) is 0 Å². The summed E-state index contributed by atoms with van der Waals surface area (Å²) < 4.78 is 3.63. The molecule has 92 valence electrons. The first-order chi connectivity index (χ1) is 8.06. The Morgan fingerprint density at radius 2 is 2.00 bits per heavy atom. The van der Waals surface area contributed by atoms with E-state index in [0.29, 0.717) is 5.02 Å². The van der Waals surface area contributed by atoms with Gasteiger partial charge in [0, 0.05) is 17.6 Å². The molecule has 17 heavy (non-hydrogen) atoms. The average molecular weight is 253 g/mol. The summed E-state index contributed by atoms with van der Waals surface area (Å²) in [5.74, 6) is 0. The van der Waals surface area contributed by atoms with Crippen LogP contribution in [0.25, 0.3) is 11.0 Å². The highest BCUT2D eigenvalue weighted by Gasteiger charge is 2.14. The van der Waals surface area contributed by atoms with Crippen molar-refractivity contribution in [2.75, 3.05) is 0 Å². The lowest BCUT2D eigenvalue weighted by atomic mass is 10.3. The molecule has 0 amide bonds. The smallest absolute Gasteiger partial charge is 0.292 e. The minimum atomic E-state index is 0.0547. The molecule has 0 saturated carbocycles. The van der Waals surface area contributed by atoms with Gasteiger partial charge in [-0.25, -0.2) is 4.79 Å². The van der Waals surface area contributed by atoms with Gasteiger partial charge in [-0.15, -0.1) is 0 Å². The molecule has 0 aliphatic rings. The second-order valence-electron chi connectivity index (χ2n) is 4.53. The number of nitrogens with zero attached hydrogens (tertiary/aromatic N) is 2. The third-order valence-corrected chi connectivity index (χ3v) is 3.12. The molecule has 0 spiro atoms. The van der Waals surface area contributed by atoms with Crippen LogP contribution in [0.15, 0.2) is 23.0 Å². The molecule has 2 rings (SSSR count). The summed E-state index contributed by atoms with van der Waals surface area (Å²) in [5, 5.41) is 0.667. The van der Waals surface area contributed by atoms with Gasteiger partial charge in [0.05, 0.1) is 11.0 Å². The SMILES string of the molecule is CCCn1c(=O)n(C(C)C)c2cc(Cl)ccc21. The summed E-state index contributed by atoms with van der Waals surface area (Å²) in [6, 6.07) is 5.76. The van der Waals surface area contributed by atoms with Crippen LogP contribution in [0.5, 0.6) is 0 Å². The highest BCUT2D eigenvalue weighted by Crippen LogP contribution is 2.21. The number of fused-ring (bicyclic) bond motifs is 1. The maximum Gasteiger partial charge on any atom is 0.329 e. The van der Waals surface area contributed by atoms with Crippen molar-refractivity contribution in [3.05, 3.63) is 33.7 Å². The fourth-order valence-corrected chi connectivity index (χ4v) is 2.36. The third-order valence-electron chi connectivity index (χ3n) is 2.89. The van der Waals surface area contributed by atoms with Gasteiger partial charge in [-0.2, -0.15) is 0 Å². The zero-order valence-electron chi connectivity index (χ0n) is 10.4. The summed E-state index contributed by atoms with van der Waals surface area (Å²) in [7, 11) is 0. The molecule has 0 unspecified atom stereocenters. The maximum absolute atomic E-state index is 12.3. The molecule has 1 heterocycles. The zero-order chi connectivity index (χ0) is 12.6. The van der Waals surface area contributed by atoms with Crippen molar-refractivity contribution < 1.29 is 0 Å². The number of imidazole rings is 1. The number of aromatic nitrogens is 2. The molecule has 0 saturated heterocycles. The molecule has 0 aliphatic heterocycles. The van der Waals surface area contributed by atoms with Crippen molar-refractivity contribution in [1.82, 2.24) is 9.13 Å². The zero-order valence-corrected chi connectivity index (χ0v) is 11.2. The van der Waals surface area contributed by atoms with Gasteiger partial charge in [0.25, 0.3) is 0 Å². The van der Waals surface area contributed by atoms with Crippen LogP contribution in [0.1, 0.15) is 33.2 Å². The average Bonchev–Trinajstić information content (AvgIpc) is 2.52. The molecule has 0 fully saturated rings. The first kappa shape index (κ1) is 12.2. The predicted octanol–water partition coefficient (Wildman–Crippen LogP) is 3.45. The maximum atomic E-state index is 12.3. The topological polar surface area (TPSA) is 26.9 Å². The summed E-state index contributed by atoms with van der Waals surface area (Å²) >= 11 is 6.01. The Morgan fingerprint density at radius 1 is 1.29 bits per heavy atom. The quantitative estimate of drug-likeness (QED) is 0.822. The van der Waals surface area contributed by atoms with E-state index in [1.54, 1.807) is 4.57 Å². The Labute approximate surface area is 106 Å². The van der Waals surface area contributed by atoms with Gasteiger partial charge in [0.15, 0.2) is 0 Å². The minimum Gasteiger partial charge on any atom is -0.292 e. The molecule has 4 heteroatoms. The number of hydrogen-bond donors (Lipinski definition) is 0. The lowest BCUT2D eigenvalue weighted by Gasteiger charge is -2.06. The molecule has 3 nitrogen and oxygen atoms in total. The number of halogens is 1. The number of rotatable bonds is 3. The number of hydrogen-bond acceptors (Lipinski definition) is 1. The fraction of sp³-hybridized carbons (Fsp3) is 0.462. The molecule has 2 aromatic rings. The first-order valence-corrected chi connectivity index (χ1v) is 6.34. The van der Waals surface area contributed by atoms with Crippen LogP contribution >= 0.6 is 11.6 Å². The molecule has 0 N–H and O–H groups in total. The van der Waals surface area contributed by atoms with E-state index in [2.05, 4.69) is 6.92 Å². The summed E-state index contributed by atoms with van der Waals surface area (Å²) in [4.78, 5) is 12.3. The van der Waals surface area contributed by atoms with E-state index in [1.165, 1.54) is 0 Å². The van der Waals surface area contributed by atoms with Gasteiger partial charge in [-0.05, 0) is 38.5 Å². The van der Waals surface area contributed by atoms with E-state index in [-0.39, 0.29) is 11.7 Å². The van der Waals surface area contributed by atoms with Gasteiger partial charge < -0.3 is 0 Å². The second-order valence-corrected chi connectivity index (χ2v) is 4.97. The van der Waals surface area contributed by atoms with Crippen LogP contribution in [0.3, 0.4) is 0 Å². The molecular formula is C13H17ClN2O. The van der Waals surface area contributed by atoms with E-state index < -0.39 is 0 Å². The summed E-state index contributed by atoms with van der Waals surface area (Å²) in [5.41, 5.74) is 1.94. The van der Waals surface area contributed by atoms with Crippen LogP contribution in [-0.4, -0.2) is 9.13 Å². The first-order valence-electron chi connectivity index (χ1n) is 5.96. The Bertz CT molecular complexity index is 595. The molecule has 1 aromatic carbocycles. The standard InChI is InChI=1S/C13H17ClN2O/c1-4-7-15-11-6-5-10(14)8-12(11)16(9(2)3)13(15)17/h5-6,8-9H,4,7H2,1-3H3. The van der Waals surface area contributed by atoms with Crippen molar-refractivity contribution in [3.63, 3.8) is 0 Å².